The lowest BCUT2D eigenvalue weighted by Crippen LogP contribution is -2.12. The van der Waals surface area contributed by atoms with Gasteiger partial charge in [0.15, 0.2) is 0 Å². The van der Waals surface area contributed by atoms with E-state index in [0.29, 0.717) is 10.7 Å². The summed E-state index contributed by atoms with van der Waals surface area (Å²) in [6, 6.07) is 13.5. The Morgan fingerprint density at radius 1 is 1.10 bits per heavy atom. The third kappa shape index (κ3) is 3.98. The summed E-state index contributed by atoms with van der Waals surface area (Å²) in [4.78, 5) is 0.148. The molecule has 0 aromatic heterocycles. The van der Waals surface area contributed by atoms with E-state index in [1.807, 2.05) is 12.1 Å². The molecule has 0 amide bonds. The van der Waals surface area contributed by atoms with E-state index in [9.17, 15) is 8.42 Å². The van der Waals surface area contributed by atoms with Crippen LogP contribution in [0.1, 0.15) is 5.56 Å². The molecule has 0 aliphatic carbocycles. The summed E-state index contributed by atoms with van der Waals surface area (Å²) in [6.07, 6.45) is 0.904. The summed E-state index contributed by atoms with van der Waals surface area (Å²) in [7, 11) is -3.60. The van der Waals surface area contributed by atoms with Crippen LogP contribution in [0.2, 0.25) is 5.02 Å². The lowest BCUT2D eigenvalue weighted by atomic mass is 10.2. The van der Waals surface area contributed by atoms with Gasteiger partial charge in [-0.2, -0.15) is 0 Å². The Balaban J connectivity index is 2.20. The zero-order valence-electron chi connectivity index (χ0n) is 10.5. The lowest BCUT2D eigenvalue weighted by Gasteiger charge is -2.09. The smallest absolute Gasteiger partial charge is 0.261 e. The highest BCUT2D eigenvalue weighted by atomic mass is 79.9. The molecular weight excluding hydrogens is 362 g/mol. The van der Waals surface area contributed by atoms with Gasteiger partial charge in [0.2, 0.25) is 0 Å². The van der Waals surface area contributed by atoms with Crippen molar-refractivity contribution < 1.29 is 8.42 Å². The monoisotopic (exact) mass is 373 g/mol. The van der Waals surface area contributed by atoms with Crippen molar-refractivity contribution in [3.63, 3.8) is 0 Å². The van der Waals surface area contributed by atoms with Crippen molar-refractivity contribution in [1.82, 2.24) is 0 Å². The minimum atomic E-state index is -3.60. The average Bonchev–Trinajstić information content (AvgIpc) is 2.41. The van der Waals surface area contributed by atoms with Crippen molar-refractivity contribution in [2.24, 2.45) is 0 Å². The molecule has 2 rings (SSSR count). The third-order valence-corrected chi connectivity index (χ3v) is 4.71. The Labute approximate surface area is 132 Å². The van der Waals surface area contributed by atoms with Crippen LogP contribution >= 0.6 is 27.5 Å². The number of alkyl halides is 1. The SMILES string of the molecule is O=S(=O)(Nc1ccc(CCBr)cc1)c1cccc(Cl)c1. The molecule has 0 radical (unpaired) electrons. The molecule has 106 valence electrons. The van der Waals surface area contributed by atoms with Crippen LogP contribution in [0.15, 0.2) is 53.4 Å². The predicted molar refractivity (Wildman–Crippen MR) is 86.2 cm³/mol. The Morgan fingerprint density at radius 2 is 1.80 bits per heavy atom. The lowest BCUT2D eigenvalue weighted by molar-refractivity contribution is 0.601. The first-order valence-corrected chi connectivity index (χ1v) is 8.93. The summed E-state index contributed by atoms with van der Waals surface area (Å²) in [6.45, 7) is 0. The van der Waals surface area contributed by atoms with E-state index < -0.39 is 10.0 Å². The second-order valence-corrected chi connectivity index (χ2v) is 7.11. The third-order valence-electron chi connectivity index (χ3n) is 2.70. The molecule has 0 saturated carbocycles. The molecule has 0 heterocycles. The van der Waals surface area contributed by atoms with Crippen molar-refractivity contribution >= 4 is 43.2 Å². The van der Waals surface area contributed by atoms with Gasteiger partial charge in [-0.3, -0.25) is 4.72 Å². The highest BCUT2D eigenvalue weighted by Gasteiger charge is 2.14. The van der Waals surface area contributed by atoms with Crippen molar-refractivity contribution in [3.8, 4) is 0 Å². The first-order valence-electron chi connectivity index (χ1n) is 5.94. The molecule has 1 N–H and O–H groups in total. The van der Waals surface area contributed by atoms with Crippen molar-refractivity contribution in [2.75, 3.05) is 10.1 Å². The Bertz CT molecular complexity index is 687. The summed E-state index contributed by atoms with van der Waals surface area (Å²) in [5.74, 6) is 0. The second-order valence-electron chi connectivity index (χ2n) is 4.20. The molecule has 3 nitrogen and oxygen atoms in total. The molecule has 0 saturated heterocycles. The predicted octanol–water partition coefficient (Wildman–Crippen LogP) is 4.08. The number of rotatable bonds is 5. The van der Waals surface area contributed by atoms with Gasteiger partial charge in [-0.1, -0.05) is 45.7 Å². The van der Waals surface area contributed by atoms with Gasteiger partial charge in [-0.25, -0.2) is 8.42 Å². The normalized spacial score (nSPS) is 11.3. The highest BCUT2D eigenvalue weighted by molar-refractivity contribution is 9.09. The summed E-state index contributed by atoms with van der Waals surface area (Å²) < 4.78 is 26.9. The topological polar surface area (TPSA) is 46.2 Å². The van der Waals surface area contributed by atoms with Crippen LogP contribution in [0.3, 0.4) is 0 Å². The first-order chi connectivity index (χ1) is 9.51. The molecule has 6 heteroatoms. The van der Waals surface area contributed by atoms with E-state index in [1.54, 1.807) is 24.3 Å². The minimum absolute atomic E-state index is 0.148. The molecule has 0 atom stereocenters. The zero-order valence-corrected chi connectivity index (χ0v) is 13.7. The summed E-state index contributed by atoms with van der Waals surface area (Å²) >= 11 is 9.18. The number of halogens is 2. The minimum Gasteiger partial charge on any atom is -0.280 e. The molecule has 0 bridgehead atoms. The average molecular weight is 375 g/mol. The van der Waals surface area contributed by atoms with Crippen LogP contribution in [-0.2, 0) is 16.4 Å². The van der Waals surface area contributed by atoms with Crippen LogP contribution in [0.4, 0.5) is 5.69 Å². The fourth-order valence-corrected chi connectivity index (χ4v) is 3.51. The van der Waals surface area contributed by atoms with Gasteiger partial charge in [0.1, 0.15) is 0 Å². The Morgan fingerprint density at radius 3 is 2.40 bits per heavy atom. The second kappa shape index (κ2) is 6.61. The number of nitrogens with one attached hydrogen (secondary N) is 1. The van der Waals surface area contributed by atoms with Gasteiger partial charge in [-0.15, -0.1) is 0 Å². The number of hydrogen-bond donors (Lipinski definition) is 1. The van der Waals surface area contributed by atoms with Crippen molar-refractivity contribution in [3.05, 3.63) is 59.1 Å². The number of benzene rings is 2. The van der Waals surface area contributed by atoms with Gasteiger partial charge in [0, 0.05) is 16.0 Å². The van der Waals surface area contributed by atoms with E-state index in [-0.39, 0.29) is 4.90 Å². The molecule has 0 spiro atoms. The van der Waals surface area contributed by atoms with Gasteiger partial charge in [-0.05, 0) is 42.3 Å². The van der Waals surface area contributed by atoms with E-state index >= 15 is 0 Å². The van der Waals surface area contributed by atoms with Gasteiger partial charge < -0.3 is 0 Å². The largest absolute Gasteiger partial charge is 0.280 e. The molecule has 2 aromatic rings. The van der Waals surface area contributed by atoms with E-state index in [1.165, 1.54) is 12.1 Å². The van der Waals surface area contributed by atoms with E-state index in [4.69, 9.17) is 11.6 Å². The van der Waals surface area contributed by atoms with Crippen molar-refractivity contribution in [1.29, 1.82) is 0 Å². The van der Waals surface area contributed by atoms with Crippen LogP contribution in [0, 0.1) is 0 Å². The molecule has 20 heavy (non-hydrogen) atoms. The maximum absolute atomic E-state index is 12.2. The first kappa shape index (κ1) is 15.4. The van der Waals surface area contributed by atoms with Gasteiger partial charge >= 0.3 is 0 Å². The fraction of sp³-hybridized carbons (Fsp3) is 0.143. The number of aryl methyl sites for hydroxylation is 1. The molecule has 2 aromatic carbocycles. The molecule has 0 aliphatic heterocycles. The van der Waals surface area contributed by atoms with Gasteiger partial charge in [0.25, 0.3) is 10.0 Å². The van der Waals surface area contributed by atoms with Gasteiger partial charge in [0.05, 0.1) is 4.90 Å². The molecule has 0 unspecified atom stereocenters. The standard InChI is InChI=1S/C14H13BrClNO2S/c15-9-8-11-4-6-13(7-5-11)17-20(18,19)14-3-1-2-12(16)10-14/h1-7,10,17H,8-9H2. The Hall–Kier alpha value is -1.04. The fourth-order valence-electron chi connectivity index (χ4n) is 1.70. The van der Waals surface area contributed by atoms with Crippen LogP contribution in [0.5, 0.6) is 0 Å². The summed E-state index contributed by atoms with van der Waals surface area (Å²) in [5, 5.41) is 1.26. The maximum Gasteiger partial charge on any atom is 0.261 e. The van der Waals surface area contributed by atoms with Crippen LogP contribution in [0.25, 0.3) is 0 Å². The number of sulfonamides is 1. The molecular formula is C14H13BrClNO2S. The van der Waals surface area contributed by atoms with Crippen molar-refractivity contribution in [2.45, 2.75) is 11.3 Å². The molecule has 0 fully saturated rings. The quantitative estimate of drug-likeness (QED) is 0.802. The maximum atomic E-state index is 12.2. The zero-order chi connectivity index (χ0) is 14.6. The van der Waals surface area contributed by atoms with E-state index in [2.05, 4.69) is 20.7 Å². The number of hydrogen-bond acceptors (Lipinski definition) is 2. The van der Waals surface area contributed by atoms with Crippen LogP contribution < -0.4 is 4.72 Å². The highest BCUT2D eigenvalue weighted by Crippen LogP contribution is 2.19. The number of anilines is 1. The Kier molecular flexibility index (Phi) is 5.07. The summed E-state index contributed by atoms with van der Waals surface area (Å²) in [5.41, 5.74) is 1.68. The van der Waals surface area contributed by atoms with E-state index in [0.717, 1.165) is 17.3 Å². The molecule has 0 aliphatic rings. The van der Waals surface area contributed by atoms with Crippen LogP contribution in [-0.4, -0.2) is 13.7 Å².